The van der Waals surface area contributed by atoms with Crippen molar-refractivity contribution in [2.75, 3.05) is 7.11 Å². The predicted octanol–water partition coefficient (Wildman–Crippen LogP) is 4.54. The largest absolute Gasteiger partial charge is 0.497 e. The fraction of sp³-hybridized carbons (Fsp3) is 0.192. The van der Waals surface area contributed by atoms with Crippen molar-refractivity contribution in [3.05, 3.63) is 105 Å². The van der Waals surface area contributed by atoms with Crippen LogP contribution in [0.15, 0.2) is 82.5 Å². The first-order chi connectivity index (χ1) is 15.8. The van der Waals surface area contributed by atoms with Gasteiger partial charge in [-0.2, -0.15) is 4.31 Å². The Kier molecular flexibility index (Phi) is 6.35. The maximum absolute atomic E-state index is 13.5. The third-order valence-electron chi connectivity index (χ3n) is 5.78. The molecule has 0 aliphatic heterocycles. The maximum atomic E-state index is 13.5. The fourth-order valence-corrected chi connectivity index (χ4v) is 5.16. The second-order valence-electron chi connectivity index (χ2n) is 8.08. The summed E-state index contributed by atoms with van der Waals surface area (Å²) in [4.78, 5) is 16.0. The Morgan fingerprint density at radius 3 is 2.21 bits per heavy atom. The molecule has 0 saturated carbocycles. The number of nitrogens with one attached hydrogen (secondary N) is 1. The van der Waals surface area contributed by atoms with E-state index in [4.69, 9.17) is 4.74 Å². The molecule has 0 unspecified atom stereocenters. The summed E-state index contributed by atoms with van der Waals surface area (Å²) in [6, 6.07) is 21.2. The summed E-state index contributed by atoms with van der Waals surface area (Å²) < 4.78 is 33.6. The molecule has 0 fully saturated rings. The molecule has 170 valence electrons. The topological polar surface area (TPSA) is 79.5 Å². The number of ether oxygens (including phenoxy) is 1. The Morgan fingerprint density at radius 2 is 1.55 bits per heavy atom. The lowest BCUT2D eigenvalue weighted by molar-refractivity contribution is 0.398. The fourth-order valence-electron chi connectivity index (χ4n) is 3.73. The molecular weight excluding hydrogens is 436 g/mol. The van der Waals surface area contributed by atoms with E-state index in [0.29, 0.717) is 11.3 Å². The van der Waals surface area contributed by atoms with E-state index in [-0.39, 0.29) is 23.5 Å². The molecule has 4 rings (SSSR count). The van der Waals surface area contributed by atoms with E-state index in [9.17, 15) is 13.2 Å². The molecule has 1 N–H and O–H groups in total. The van der Waals surface area contributed by atoms with Crippen molar-refractivity contribution in [3.8, 4) is 5.75 Å². The molecule has 0 saturated heterocycles. The summed E-state index contributed by atoms with van der Waals surface area (Å²) >= 11 is 0. The van der Waals surface area contributed by atoms with E-state index in [1.165, 1.54) is 4.31 Å². The summed E-state index contributed by atoms with van der Waals surface area (Å²) in [6.45, 7) is 4.06. The Balaban J connectivity index is 1.76. The van der Waals surface area contributed by atoms with E-state index >= 15 is 0 Å². The highest BCUT2D eigenvalue weighted by Crippen LogP contribution is 2.23. The van der Waals surface area contributed by atoms with Gasteiger partial charge in [0.1, 0.15) is 5.75 Å². The van der Waals surface area contributed by atoms with Crippen molar-refractivity contribution >= 4 is 20.9 Å². The van der Waals surface area contributed by atoms with E-state index < -0.39 is 10.0 Å². The summed E-state index contributed by atoms with van der Waals surface area (Å²) in [6.07, 6.45) is 0. The minimum atomic E-state index is -3.85. The first-order valence-electron chi connectivity index (χ1n) is 10.6. The quantitative estimate of drug-likeness (QED) is 0.437. The van der Waals surface area contributed by atoms with Gasteiger partial charge in [-0.15, -0.1) is 0 Å². The SMILES string of the molecule is COc1ccc(CN(Cc2cc3cc(C)c(C)cc3[nH]c2=O)S(=O)(=O)c2ccccc2)cc1. The number of aromatic nitrogens is 1. The Bertz CT molecular complexity index is 1440. The molecule has 3 aromatic carbocycles. The van der Waals surface area contributed by atoms with Crippen molar-refractivity contribution in [1.29, 1.82) is 0 Å². The number of hydrogen-bond acceptors (Lipinski definition) is 4. The zero-order valence-corrected chi connectivity index (χ0v) is 19.6. The van der Waals surface area contributed by atoms with Crippen molar-refractivity contribution in [1.82, 2.24) is 9.29 Å². The van der Waals surface area contributed by atoms with Crippen molar-refractivity contribution in [2.24, 2.45) is 0 Å². The van der Waals surface area contributed by atoms with Gasteiger partial charge >= 0.3 is 0 Å². The predicted molar refractivity (Wildman–Crippen MR) is 130 cm³/mol. The number of pyridine rings is 1. The number of benzene rings is 3. The van der Waals surface area contributed by atoms with Gasteiger partial charge in [-0.05, 0) is 78.4 Å². The number of aryl methyl sites for hydroxylation is 2. The molecule has 33 heavy (non-hydrogen) atoms. The van der Waals surface area contributed by atoms with Gasteiger partial charge in [-0.1, -0.05) is 30.3 Å². The van der Waals surface area contributed by atoms with Crippen LogP contribution in [0, 0.1) is 13.8 Å². The van der Waals surface area contributed by atoms with E-state index in [1.807, 2.05) is 38.1 Å². The molecule has 1 aromatic heterocycles. The molecule has 0 amide bonds. The third kappa shape index (κ3) is 4.84. The number of fused-ring (bicyclic) bond motifs is 1. The summed E-state index contributed by atoms with van der Waals surface area (Å²) in [7, 11) is -2.27. The van der Waals surface area contributed by atoms with Crippen LogP contribution in [0.1, 0.15) is 22.3 Å². The smallest absolute Gasteiger partial charge is 0.252 e. The summed E-state index contributed by atoms with van der Waals surface area (Å²) in [5, 5.41) is 0.870. The minimum absolute atomic E-state index is 0.0541. The second-order valence-corrected chi connectivity index (χ2v) is 10.0. The van der Waals surface area contributed by atoms with E-state index in [0.717, 1.165) is 27.6 Å². The number of sulfonamides is 1. The lowest BCUT2D eigenvalue weighted by atomic mass is 10.0. The lowest BCUT2D eigenvalue weighted by Gasteiger charge is -2.22. The van der Waals surface area contributed by atoms with Gasteiger partial charge in [0.25, 0.3) is 5.56 Å². The average molecular weight is 463 g/mol. The minimum Gasteiger partial charge on any atom is -0.497 e. The molecule has 4 aromatic rings. The van der Waals surface area contributed by atoms with Crippen molar-refractivity contribution in [2.45, 2.75) is 31.8 Å². The first-order valence-corrected chi connectivity index (χ1v) is 12.0. The molecule has 0 aliphatic rings. The Morgan fingerprint density at radius 1 is 0.879 bits per heavy atom. The molecule has 6 nitrogen and oxygen atoms in total. The molecule has 7 heteroatoms. The highest BCUT2D eigenvalue weighted by atomic mass is 32.2. The standard InChI is InChI=1S/C26H26N2O4S/c1-18-13-21-15-22(26(29)27-25(21)14-19(18)2)17-28(16-20-9-11-23(32-3)12-10-20)33(30,31)24-7-5-4-6-8-24/h4-15H,16-17H2,1-3H3,(H,27,29). The molecule has 0 radical (unpaired) electrons. The van der Waals surface area contributed by atoms with Gasteiger partial charge in [0, 0.05) is 24.2 Å². The molecule has 0 spiro atoms. The molecular formula is C26H26N2O4S. The van der Waals surface area contributed by atoms with Gasteiger partial charge < -0.3 is 9.72 Å². The normalized spacial score (nSPS) is 11.8. The average Bonchev–Trinajstić information content (AvgIpc) is 2.81. The van der Waals surface area contributed by atoms with E-state index in [1.54, 1.807) is 55.6 Å². The van der Waals surface area contributed by atoms with Gasteiger partial charge in [-0.25, -0.2) is 8.42 Å². The molecule has 1 heterocycles. The zero-order chi connectivity index (χ0) is 23.6. The Hall–Kier alpha value is -3.42. The number of methoxy groups -OCH3 is 1. The van der Waals surface area contributed by atoms with Crippen molar-refractivity contribution in [3.63, 3.8) is 0 Å². The second kappa shape index (κ2) is 9.21. The monoisotopic (exact) mass is 462 g/mol. The zero-order valence-electron chi connectivity index (χ0n) is 18.8. The van der Waals surface area contributed by atoms with Crippen LogP contribution in [0.5, 0.6) is 5.75 Å². The lowest BCUT2D eigenvalue weighted by Crippen LogP contribution is -2.32. The summed E-state index contributed by atoms with van der Waals surface area (Å²) in [5.74, 6) is 0.688. The van der Waals surface area contributed by atoms with Crippen LogP contribution < -0.4 is 10.3 Å². The maximum Gasteiger partial charge on any atom is 0.252 e. The van der Waals surface area contributed by atoms with Crippen LogP contribution in [-0.2, 0) is 23.1 Å². The van der Waals surface area contributed by atoms with Gasteiger partial charge in [-0.3, -0.25) is 4.79 Å². The highest BCUT2D eigenvalue weighted by molar-refractivity contribution is 7.89. The van der Waals surface area contributed by atoms with Crippen LogP contribution in [0.4, 0.5) is 0 Å². The number of hydrogen-bond donors (Lipinski definition) is 1. The van der Waals surface area contributed by atoms with Crippen LogP contribution in [0.3, 0.4) is 0 Å². The van der Waals surface area contributed by atoms with Crippen LogP contribution in [0.25, 0.3) is 10.9 Å². The van der Waals surface area contributed by atoms with Crippen LogP contribution >= 0.6 is 0 Å². The van der Waals surface area contributed by atoms with Gasteiger partial charge in [0.2, 0.25) is 10.0 Å². The van der Waals surface area contributed by atoms with Gasteiger partial charge in [0.15, 0.2) is 0 Å². The van der Waals surface area contributed by atoms with Crippen LogP contribution in [-0.4, -0.2) is 24.8 Å². The molecule has 0 bridgehead atoms. The molecule has 0 atom stereocenters. The number of rotatable bonds is 7. The number of nitrogens with zero attached hydrogens (tertiary/aromatic N) is 1. The summed E-state index contributed by atoms with van der Waals surface area (Å²) in [5.41, 5.74) is 3.80. The van der Waals surface area contributed by atoms with Crippen LogP contribution in [0.2, 0.25) is 0 Å². The number of H-pyrrole nitrogens is 1. The third-order valence-corrected chi connectivity index (χ3v) is 7.59. The number of aromatic amines is 1. The highest BCUT2D eigenvalue weighted by Gasteiger charge is 2.26. The van der Waals surface area contributed by atoms with E-state index in [2.05, 4.69) is 4.98 Å². The van der Waals surface area contributed by atoms with Gasteiger partial charge in [0.05, 0.1) is 12.0 Å². The molecule has 0 aliphatic carbocycles. The first kappa shape index (κ1) is 22.8. The van der Waals surface area contributed by atoms with Crippen molar-refractivity contribution < 1.29 is 13.2 Å². The Labute approximate surface area is 193 Å².